The number of halogens is 3. The van der Waals surface area contributed by atoms with Crippen molar-refractivity contribution in [2.75, 3.05) is 6.54 Å². The lowest BCUT2D eigenvalue weighted by Gasteiger charge is -2.06. The largest absolute Gasteiger partial charge is 0.574 e. The zero-order valence-corrected chi connectivity index (χ0v) is 4.70. The van der Waals surface area contributed by atoms with Crippen LogP contribution in [0.15, 0.2) is 4.99 Å². The van der Waals surface area contributed by atoms with E-state index in [2.05, 4.69) is 21.7 Å². The van der Waals surface area contributed by atoms with Crippen LogP contribution in [0.5, 0.6) is 0 Å². The van der Waals surface area contributed by atoms with Crippen molar-refractivity contribution in [3.63, 3.8) is 0 Å². The maximum atomic E-state index is 11.3. The summed E-state index contributed by atoms with van der Waals surface area (Å²) in [4.78, 5) is 3.13. The van der Waals surface area contributed by atoms with E-state index in [4.69, 9.17) is 0 Å². The molecule has 0 fully saturated rings. The van der Waals surface area contributed by atoms with Gasteiger partial charge in [-0.05, 0) is 0 Å². The summed E-state index contributed by atoms with van der Waals surface area (Å²) >= 11 is 0. The first-order chi connectivity index (χ1) is 4.58. The number of nitrogens with zero attached hydrogens (tertiary/aromatic N) is 1. The monoisotopic (exact) mass is 152 g/mol. The minimum absolute atomic E-state index is 0.0560. The van der Waals surface area contributed by atoms with Crippen molar-refractivity contribution in [3.8, 4) is 0 Å². The quantitative estimate of drug-likeness (QED) is 0.549. The van der Waals surface area contributed by atoms with E-state index < -0.39 is 12.3 Å². The van der Waals surface area contributed by atoms with Crippen LogP contribution in [-0.2, 0) is 4.74 Å². The molecule has 0 spiro atoms. The molecule has 0 aromatic carbocycles. The number of alkyl halides is 3. The highest BCUT2D eigenvalue weighted by molar-refractivity contribution is 5.80. The van der Waals surface area contributed by atoms with Gasteiger partial charge in [0.15, 0.2) is 6.67 Å². The molecule has 1 aliphatic rings. The smallest absolute Gasteiger partial charge is 0.391 e. The summed E-state index contributed by atoms with van der Waals surface area (Å²) in [5.41, 5.74) is 0. The Bertz CT molecular complexity index is 153. The number of rotatable bonds is 0. The molecule has 0 unspecified atom stereocenters. The second-order valence-corrected chi connectivity index (χ2v) is 1.52. The fraction of sp³-hybridized carbons (Fsp3) is 0.500. The van der Waals surface area contributed by atoms with Crippen LogP contribution in [0.1, 0.15) is 0 Å². The molecule has 56 valence electrons. The second kappa shape index (κ2) is 2.45. The zero-order chi connectivity index (χ0) is 7.61. The summed E-state index contributed by atoms with van der Waals surface area (Å²) in [6.07, 6.45) is -4.65. The maximum Gasteiger partial charge on any atom is 0.574 e. The van der Waals surface area contributed by atoms with Crippen molar-refractivity contribution >= 4 is 5.90 Å². The average molecular weight is 152 g/mol. The number of nitrogens with one attached hydrogen (secondary N) is 1. The predicted octanol–water partition coefficient (Wildman–Crippen LogP) is 0.521. The molecule has 2 radical (unpaired) electrons. The van der Waals surface area contributed by atoms with Crippen LogP contribution in [0.2, 0.25) is 0 Å². The van der Waals surface area contributed by atoms with Crippen molar-refractivity contribution in [1.82, 2.24) is 5.32 Å². The lowest BCUT2D eigenvalue weighted by atomic mass is 10.7. The molecule has 0 aromatic rings. The Kier molecular flexibility index (Phi) is 1.80. The summed E-state index contributed by atoms with van der Waals surface area (Å²) < 4.78 is 37.5. The van der Waals surface area contributed by atoms with Crippen LogP contribution >= 0.6 is 0 Å². The first-order valence-corrected chi connectivity index (χ1v) is 2.38. The van der Waals surface area contributed by atoms with Gasteiger partial charge < -0.3 is 4.74 Å². The fourth-order valence-corrected chi connectivity index (χ4v) is 0.449. The Hall–Kier alpha value is -0.780. The molecule has 1 rings (SSSR count). The Morgan fingerprint density at radius 3 is 2.70 bits per heavy atom. The van der Waals surface area contributed by atoms with Crippen LogP contribution in [0, 0.1) is 6.67 Å². The van der Waals surface area contributed by atoms with E-state index in [1.165, 1.54) is 0 Å². The van der Waals surface area contributed by atoms with E-state index in [1.807, 2.05) is 0 Å². The van der Waals surface area contributed by atoms with Gasteiger partial charge in [0.2, 0.25) is 5.90 Å². The van der Waals surface area contributed by atoms with E-state index >= 15 is 0 Å². The highest BCUT2D eigenvalue weighted by Gasteiger charge is 2.33. The summed E-state index contributed by atoms with van der Waals surface area (Å²) in [6.45, 7) is 2.05. The van der Waals surface area contributed by atoms with Gasteiger partial charge in [0.1, 0.15) is 0 Å². The first kappa shape index (κ1) is 7.33. The second-order valence-electron chi connectivity index (χ2n) is 1.52. The number of aliphatic imine (C=N–C) groups is 1. The van der Waals surface area contributed by atoms with Crippen molar-refractivity contribution in [3.05, 3.63) is 6.67 Å². The Morgan fingerprint density at radius 2 is 2.30 bits per heavy atom. The van der Waals surface area contributed by atoms with Crippen LogP contribution in [0.4, 0.5) is 13.2 Å². The molecule has 0 saturated heterocycles. The molecule has 10 heavy (non-hydrogen) atoms. The van der Waals surface area contributed by atoms with Gasteiger partial charge in [-0.3, -0.25) is 5.32 Å². The van der Waals surface area contributed by atoms with E-state index in [0.29, 0.717) is 0 Å². The van der Waals surface area contributed by atoms with Crippen LogP contribution in [0.25, 0.3) is 0 Å². The molecule has 0 saturated carbocycles. The molecule has 0 atom stereocenters. The van der Waals surface area contributed by atoms with Gasteiger partial charge in [-0.15, -0.1) is 13.2 Å². The van der Waals surface area contributed by atoms with Crippen LogP contribution in [-0.4, -0.2) is 18.8 Å². The molecule has 1 heterocycles. The summed E-state index contributed by atoms with van der Waals surface area (Å²) in [5, 5.41) is 2.32. The van der Waals surface area contributed by atoms with Gasteiger partial charge in [0.25, 0.3) is 0 Å². The Morgan fingerprint density at radius 1 is 1.60 bits per heavy atom. The molecule has 0 bridgehead atoms. The van der Waals surface area contributed by atoms with Gasteiger partial charge >= 0.3 is 6.36 Å². The standard InChI is InChI=1S/C4H3F3N2O/c5-4(6,7)10-3-1-8-2-9-3/h8H,1H2. The van der Waals surface area contributed by atoms with Crippen molar-refractivity contribution in [2.24, 2.45) is 4.99 Å². The summed E-state index contributed by atoms with van der Waals surface area (Å²) in [7, 11) is 0. The lowest BCUT2D eigenvalue weighted by molar-refractivity contribution is -0.283. The maximum absolute atomic E-state index is 11.3. The number of hydrogen-bond acceptors (Lipinski definition) is 3. The molecular weight excluding hydrogens is 149 g/mol. The van der Waals surface area contributed by atoms with Crippen molar-refractivity contribution < 1.29 is 17.9 Å². The summed E-state index contributed by atoms with van der Waals surface area (Å²) in [6, 6.07) is 0. The average Bonchev–Trinajstić information content (AvgIpc) is 2.12. The third-order valence-corrected chi connectivity index (χ3v) is 0.733. The van der Waals surface area contributed by atoms with Crippen LogP contribution < -0.4 is 5.32 Å². The van der Waals surface area contributed by atoms with Gasteiger partial charge in [0, 0.05) is 0 Å². The summed E-state index contributed by atoms with van der Waals surface area (Å²) in [5.74, 6) is -0.410. The SMILES string of the molecule is FC(F)(F)OC1=N[C]NC1. The third kappa shape index (κ3) is 2.22. The Labute approximate surface area is 54.9 Å². The predicted molar refractivity (Wildman–Crippen MR) is 25.8 cm³/mol. The van der Waals surface area contributed by atoms with E-state index in [9.17, 15) is 13.2 Å². The van der Waals surface area contributed by atoms with Gasteiger partial charge in [-0.2, -0.15) is 0 Å². The van der Waals surface area contributed by atoms with E-state index in [0.717, 1.165) is 0 Å². The third-order valence-electron chi connectivity index (χ3n) is 0.733. The zero-order valence-electron chi connectivity index (χ0n) is 4.70. The topological polar surface area (TPSA) is 33.6 Å². The normalized spacial score (nSPS) is 18.9. The van der Waals surface area contributed by atoms with Crippen LogP contribution in [0.3, 0.4) is 0 Å². The fourth-order valence-electron chi connectivity index (χ4n) is 0.449. The van der Waals surface area contributed by atoms with E-state index in [1.54, 1.807) is 0 Å². The minimum atomic E-state index is -4.65. The molecule has 1 aliphatic heterocycles. The van der Waals surface area contributed by atoms with Crippen molar-refractivity contribution in [2.45, 2.75) is 6.36 Å². The molecular formula is C4H3F3N2O. The molecule has 3 nitrogen and oxygen atoms in total. The molecule has 0 aromatic heterocycles. The molecule has 0 amide bonds. The molecule has 0 aliphatic carbocycles. The Balaban J connectivity index is 2.38. The van der Waals surface area contributed by atoms with E-state index in [-0.39, 0.29) is 6.54 Å². The minimum Gasteiger partial charge on any atom is -0.391 e. The van der Waals surface area contributed by atoms with Crippen molar-refractivity contribution in [1.29, 1.82) is 0 Å². The highest BCUT2D eigenvalue weighted by atomic mass is 19.4. The van der Waals surface area contributed by atoms with Gasteiger partial charge in [0.05, 0.1) is 6.54 Å². The van der Waals surface area contributed by atoms with Gasteiger partial charge in [-0.25, -0.2) is 4.99 Å². The highest BCUT2D eigenvalue weighted by Crippen LogP contribution is 2.17. The number of hydrogen-bond donors (Lipinski definition) is 1. The molecule has 1 N–H and O–H groups in total. The molecule has 6 heteroatoms. The lowest BCUT2D eigenvalue weighted by Crippen LogP contribution is -2.23. The van der Waals surface area contributed by atoms with Gasteiger partial charge in [-0.1, -0.05) is 0 Å². The first-order valence-electron chi connectivity index (χ1n) is 2.38. The number of ether oxygens (including phenoxy) is 1.